The van der Waals surface area contributed by atoms with Crippen LogP contribution in [0.1, 0.15) is 6.92 Å². The van der Waals surface area contributed by atoms with Crippen molar-refractivity contribution < 1.29 is 4.79 Å². The predicted octanol–water partition coefficient (Wildman–Crippen LogP) is -0.187. The van der Waals surface area contributed by atoms with Gasteiger partial charge in [0.25, 0.3) is 0 Å². The van der Waals surface area contributed by atoms with Gasteiger partial charge in [-0.25, -0.2) is 0 Å². The Kier molecular flexibility index (Phi) is 3.88. The van der Waals surface area contributed by atoms with Crippen LogP contribution in [0.15, 0.2) is 0 Å². The fourth-order valence-corrected chi connectivity index (χ4v) is 3.03. The molecule has 0 spiro atoms. The molecule has 4 nitrogen and oxygen atoms in total. The molecule has 2 rings (SSSR count). The van der Waals surface area contributed by atoms with Gasteiger partial charge in [0.15, 0.2) is 0 Å². The highest BCUT2D eigenvalue weighted by molar-refractivity contribution is 7.99. The number of nitrogens with one attached hydrogen (secondary N) is 1. The minimum Gasteiger partial charge on any atom is -0.325 e. The Bertz CT molecular complexity index is 231. The van der Waals surface area contributed by atoms with E-state index in [0.717, 1.165) is 13.1 Å². The Labute approximate surface area is 95.4 Å². The average Bonchev–Trinajstić information content (AvgIpc) is 2.58. The van der Waals surface area contributed by atoms with Crippen molar-refractivity contribution in [2.45, 2.75) is 13.1 Å². The van der Waals surface area contributed by atoms with Crippen LogP contribution in [-0.2, 0) is 4.79 Å². The van der Waals surface area contributed by atoms with Crippen molar-refractivity contribution in [2.75, 3.05) is 44.2 Å². The molecule has 0 saturated carbocycles. The third kappa shape index (κ3) is 2.86. The van der Waals surface area contributed by atoms with Gasteiger partial charge in [0, 0.05) is 37.7 Å². The van der Waals surface area contributed by atoms with E-state index in [-0.39, 0.29) is 12.1 Å². The van der Waals surface area contributed by atoms with E-state index in [1.54, 1.807) is 0 Å². The standard InChI is InChI=1S/C10H19N3OS/c1-9-11-8-10(14)13(9)3-2-12-4-6-15-7-5-12/h9,11H,2-8H2,1H3. The minimum atomic E-state index is 0.219. The Morgan fingerprint density at radius 1 is 1.40 bits per heavy atom. The number of thioether (sulfide) groups is 1. The van der Waals surface area contributed by atoms with Crippen LogP contribution in [0, 0.1) is 0 Å². The third-order valence-corrected chi connectivity index (χ3v) is 4.04. The summed E-state index contributed by atoms with van der Waals surface area (Å²) in [5.41, 5.74) is 0. The van der Waals surface area contributed by atoms with Gasteiger partial charge in [0.05, 0.1) is 12.7 Å². The number of hydrogen-bond donors (Lipinski definition) is 1. The number of carbonyl (C=O) groups is 1. The molecule has 0 bridgehead atoms. The molecule has 1 unspecified atom stereocenters. The molecule has 86 valence electrons. The lowest BCUT2D eigenvalue weighted by molar-refractivity contribution is -0.127. The summed E-state index contributed by atoms with van der Waals surface area (Å²) < 4.78 is 0. The van der Waals surface area contributed by atoms with Crippen LogP contribution >= 0.6 is 11.8 Å². The first-order valence-corrected chi connectivity index (χ1v) is 6.76. The van der Waals surface area contributed by atoms with Crippen LogP contribution < -0.4 is 5.32 Å². The van der Waals surface area contributed by atoms with E-state index in [1.165, 1.54) is 24.6 Å². The second-order valence-electron chi connectivity index (χ2n) is 4.10. The molecule has 0 radical (unpaired) electrons. The van der Waals surface area contributed by atoms with Crippen LogP contribution in [0.2, 0.25) is 0 Å². The summed E-state index contributed by atoms with van der Waals surface area (Å²) in [7, 11) is 0. The highest BCUT2D eigenvalue weighted by atomic mass is 32.2. The van der Waals surface area contributed by atoms with Gasteiger partial charge in [0.1, 0.15) is 0 Å². The van der Waals surface area contributed by atoms with Gasteiger partial charge in [-0.15, -0.1) is 0 Å². The van der Waals surface area contributed by atoms with E-state index in [4.69, 9.17) is 0 Å². The van der Waals surface area contributed by atoms with Crippen molar-refractivity contribution in [3.8, 4) is 0 Å². The van der Waals surface area contributed by atoms with Crippen molar-refractivity contribution >= 4 is 17.7 Å². The van der Waals surface area contributed by atoms with Crippen molar-refractivity contribution in [1.82, 2.24) is 15.1 Å². The summed E-state index contributed by atoms with van der Waals surface area (Å²) in [6.45, 7) is 6.81. The molecule has 2 saturated heterocycles. The molecule has 0 aliphatic carbocycles. The zero-order valence-corrected chi connectivity index (χ0v) is 10.1. The smallest absolute Gasteiger partial charge is 0.237 e. The molecule has 2 heterocycles. The van der Waals surface area contributed by atoms with Gasteiger partial charge in [-0.05, 0) is 6.92 Å². The number of hydrogen-bond acceptors (Lipinski definition) is 4. The molecular formula is C10H19N3OS. The zero-order valence-electron chi connectivity index (χ0n) is 9.24. The first-order valence-electron chi connectivity index (χ1n) is 5.60. The van der Waals surface area contributed by atoms with Gasteiger partial charge in [-0.1, -0.05) is 0 Å². The monoisotopic (exact) mass is 229 g/mol. The number of carbonyl (C=O) groups excluding carboxylic acids is 1. The third-order valence-electron chi connectivity index (χ3n) is 3.10. The fourth-order valence-electron chi connectivity index (χ4n) is 2.06. The van der Waals surface area contributed by atoms with Gasteiger partial charge >= 0.3 is 0 Å². The largest absolute Gasteiger partial charge is 0.325 e. The molecule has 2 aliphatic rings. The van der Waals surface area contributed by atoms with E-state index in [0.29, 0.717) is 6.54 Å². The van der Waals surface area contributed by atoms with Crippen molar-refractivity contribution in [3.63, 3.8) is 0 Å². The van der Waals surface area contributed by atoms with Gasteiger partial charge in [-0.3, -0.25) is 15.0 Å². The highest BCUT2D eigenvalue weighted by Gasteiger charge is 2.26. The van der Waals surface area contributed by atoms with Gasteiger partial charge < -0.3 is 4.90 Å². The number of nitrogens with zero attached hydrogens (tertiary/aromatic N) is 2. The van der Waals surface area contributed by atoms with E-state index in [9.17, 15) is 4.79 Å². The summed E-state index contributed by atoms with van der Waals surface area (Å²) >= 11 is 2.02. The lowest BCUT2D eigenvalue weighted by Crippen LogP contribution is -2.43. The average molecular weight is 229 g/mol. The fraction of sp³-hybridized carbons (Fsp3) is 0.900. The van der Waals surface area contributed by atoms with Crippen LogP contribution in [-0.4, -0.2) is 66.1 Å². The van der Waals surface area contributed by atoms with Crippen LogP contribution in [0.25, 0.3) is 0 Å². The van der Waals surface area contributed by atoms with E-state index in [1.807, 2.05) is 16.7 Å². The van der Waals surface area contributed by atoms with Gasteiger partial charge in [-0.2, -0.15) is 11.8 Å². The summed E-state index contributed by atoms with van der Waals surface area (Å²) in [6, 6.07) is 0. The maximum Gasteiger partial charge on any atom is 0.237 e. The normalized spacial score (nSPS) is 28.7. The van der Waals surface area contributed by atoms with Crippen LogP contribution in [0.5, 0.6) is 0 Å². The molecule has 1 amide bonds. The second kappa shape index (κ2) is 5.18. The highest BCUT2D eigenvalue weighted by Crippen LogP contribution is 2.10. The molecule has 15 heavy (non-hydrogen) atoms. The maximum atomic E-state index is 11.5. The first-order chi connectivity index (χ1) is 7.27. The molecule has 0 aromatic heterocycles. The minimum absolute atomic E-state index is 0.219. The Morgan fingerprint density at radius 3 is 2.73 bits per heavy atom. The summed E-state index contributed by atoms with van der Waals surface area (Å²) in [5.74, 6) is 2.72. The van der Waals surface area contributed by atoms with Crippen LogP contribution in [0.3, 0.4) is 0 Å². The Balaban J connectivity index is 1.74. The molecule has 0 aromatic carbocycles. The number of amides is 1. The van der Waals surface area contributed by atoms with Crippen molar-refractivity contribution in [3.05, 3.63) is 0 Å². The zero-order chi connectivity index (χ0) is 10.7. The summed E-state index contributed by atoms with van der Waals surface area (Å²) in [4.78, 5) is 15.9. The topological polar surface area (TPSA) is 35.6 Å². The molecule has 1 atom stereocenters. The molecule has 5 heteroatoms. The molecule has 2 fully saturated rings. The van der Waals surface area contributed by atoms with Crippen molar-refractivity contribution in [1.29, 1.82) is 0 Å². The van der Waals surface area contributed by atoms with E-state index in [2.05, 4.69) is 17.1 Å². The SMILES string of the molecule is CC1NCC(=O)N1CCN1CCSCC1. The maximum absolute atomic E-state index is 11.5. The lowest BCUT2D eigenvalue weighted by atomic mass is 10.4. The van der Waals surface area contributed by atoms with Crippen molar-refractivity contribution in [2.24, 2.45) is 0 Å². The first kappa shape index (κ1) is 11.2. The quantitative estimate of drug-likeness (QED) is 0.728. The van der Waals surface area contributed by atoms with Crippen LogP contribution in [0.4, 0.5) is 0 Å². The predicted molar refractivity (Wildman–Crippen MR) is 62.9 cm³/mol. The van der Waals surface area contributed by atoms with E-state index < -0.39 is 0 Å². The lowest BCUT2D eigenvalue weighted by Gasteiger charge is -2.29. The van der Waals surface area contributed by atoms with Gasteiger partial charge in [0.2, 0.25) is 5.91 Å². The molecule has 0 aromatic rings. The molecular weight excluding hydrogens is 210 g/mol. The van der Waals surface area contributed by atoms with E-state index >= 15 is 0 Å². The summed E-state index contributed by atoms with van der Waals surface area (Å²) in [5, 5.41) is 3.16. The summed E-state index contributed by atoms with van der Waals surface area (Å²) in [6.07, 6.45) is 0.219. The number of rotatable bonds is 3. The second-order valence-corrected chi connectivity index (χ2v) is 5.32. The Hall–Kier alpha value is -0.260. The molecule has 2 aliphatic heterocycles. The molecule has 1 N–H and O–H groups in total. The Morgan fingerprint density at radius 2 is 2.13 bits per heavy atom.